The number of rotatable bonds is 6. The molecule has 7 nitrogen and oxygen atoms in total. The summed E-state index contributed by atoms with van der Waals surface area (Å²) in [7, 11) is -3.43. The molecule has 3 rings (SSSR count). The van der Waals surface area contributed by atoms with Crippen LogP contribution in [0.25, 0.3) is 0 Å². The molecule has 1 amide bonds. The minimum absolute atomic E-state index is 0.0898. The van der Waals surface area contributed by atoms with Gasteiger partial charge >= 0.3 is 0 Å². The van der Waals surface area contributed by atoms with E-state index in [1.807, 2.05) is 17.2 Å². The number of likely N-dealkylation sites (tertiary alicyclic amines) is 1. The molecule has 0 spiro atoms. The van der Waals surface area contributed by atoms with Gasteiger partial charge in [-0.1, -0.05) is 6.07 Å². The standard InChI is InChI=1S/C15H20N4O3S3/c1-11-10-24-15(16-11)17-13(20)9-19-6-4-12(5-7-19)18-25(21,22)14-3-2-8-23-14/h2-3,8,10,12,18H,4-7,9H2,1H3,(H,16,17,20). The first-order valence-electron chi connectivity index (χ1n) is 7.92. The lowest BCUT2D eigenvalue weighted by Crippen LogP contribution is -2.46. The quantitative estimate of drug-likeness (QED) is 0.773. The lowest BCUT2D eigenvalue weighted by molar-refractivity contribution is -0.117. The highest BCUT2D eigenvalue weighted by Gasteiger charge is 2.26. The van der Waals surface area contributed by atoms with Crippen molar-refractivity contribution >= 4 is 43.7 Å². The number of piperidine rings is 1. The average molecular weight is 401 g/mol. The van der Waals surface area contributed by atoms with Gasteiger partial charge in [0.25, 0.3) is 0 Å². The van der Waals surface area contributed by atoms with E-state index in [0.717, 1.165) is 5.69 Å². The number of carbonyl (C=O) groups excluding carboxylic acids is 1. The van der Waals surface area contributed by atoms with Crippen LogP contribution in [0.5, 0.6) is 0 Å². The molecule has 0 radical (unpaired) electrons. The molecule has 2 aromatic rings. The van der Waals surface area contributed by atoms with Gasteiger partial charge in [0, 0.05) is 24.5 Å². The monoisotopic (exact) mass is 400 g/mol. The van der Waals surface area contributed by atoms with Crippen LogP contribution >= 0.6 is 22.7 Å². The van der Waals surface area contributed by atoms with Gasteiger partial charge < -0.3 is 5.32 Å². The van der Waals surface area contributed by atoms with Crippen molar-refractivity contribution in [2.75, 3.05) is 25.0 Å². The minimum atomic E-state index is -3.43. The number of thiazole rings is 1. The van der Waals surface area contributed by atoms with Crippen LogP contribution < -0.4 is 10.0 Å². The maximum absolute atomic E-state index is 12.2. The minimum Gasteiger partial charge on any atom is -0.301 e. The second kappa shape index (κ2) is 7.92. The number of aryl methyl sites for hydroxylation is 1. The molecular formula is C15H20N4O3S3. The molecule has 10 heteroatoms. The van der Waals surface area contributed by atoms with Gasteiger partial charge in [0.1, 0.15) is 4.21 Å². The van der Waals surface area contributed by atoms with E-state index in [1.165, 1.54) is 22.7 Å². The van der Waals surface area contributed by atoms with E-state index >= 15 is 0 Å². The summed E-state index contributed by atoms with van der Waals surface area (Å²) in [6, 6.07) is 3.24. The van der Waals surface area contributed by atoms with E-state index in [0.29, 0.717) is 41.8 Å². The normalized spacial score (nSPS) is 16.8. The van der Waals surface area contributed by atoms with E-state index in [4.69, 9.17) is 0 Å². The second-order valence-electron chi connectivity index (χ2n) is 5.95. The van der Waals surface area contributed by atoms with E-state index in [2.05, 4.69) is 15.0 Å². The molecule has 2 aromatic heterocycles. The maximum Gasteiger partial charge on any atom is 0.250 e. The molecule has 25 heavy (non-hydrogen) atoms. The summed E-state index contributed by atoms with van der Waals surface area (Å²) in [6.07, 6.45) is 1.38. The number of hydrogen-bond donors (Lipinski definition) is 2. The topological polar surface area (TPSA) is 91.4 Å². The van der Waals surface area contributed by atoms with Crippen LogP contribution in [0.3, 0.4) is 0 Å². The first kappa shape index (κ1) is 18.5. The van der Waals surface area contributed by atoms with E-state index in [1.54, 1.807) is 17.5 Å². The van der Waals surface area contributed by atoms with Crippen molar-refractivity contribution < 1.29 is 13.2 Å². The molecule has 1 fully saturated rings. The summed E-state index contributed by atoms with van der Waals surface area (Å²) in [4.78, 5) is 18.3. The fraction of sp³-hybridized carbons (Fsp3) is 0.467. The Bertz CT molecular complexity index is 809. The van der Waals surface area contributed by atoms with Gasteiger partial charge in [0.15, 0.2) is 5.13 Å². The van der Waals surface area contributed by atoms with Gasteiger partial charge in [-0.25, -0.2) is 18.1 Å². The van der Waals surface area contributed by atoms with Crippen LogP contribution in [-0.4, -0.2) is 49.9 Å². The summed E-state index contributed by atoms with van der Waals surface area (Å²) < 4.78 is 27.6. The predicted octanol–water partition coefficient (Wildman–Crippen LogP) is 1.89. The smallest absolute Gasteiger partial charge is 0.250 e. The van der Waals surface area contributed by atoms with Crippen LogP contribution in [-0.2, 0) is 14.8 Å². The Morgan fingerprint density at radius 2 is 2.12 bits per heavy atom. The highest BCUT2D eigenvalue weighted by molar-refractivity contribution is 7.91. The molecule has 0 saturated carbocycles. The third-order valence-electron chi connectivity index (χ3n) is 3.90. The summed E-state index contributed by atoms with van der Waals surface area (Å²) >= 11 is 2.62. The van der Waals surface area contributed by atoms with Crippen molar-refractivity contribution in [3.05, 3.63) is 28.6 Å². The van der Waals surface area contributed by atoms with Crippen molar-refractivity contribution in [3.63, 3.8) is 0 Å². The summed E-state index contributed by atoms with van der Waals surface area (Å²) in [5, 5.41) is 7.05. The number of thiophene rings is 1. The Balaban J connectivity index is 1.45. The zero-order valence-electron chi connectivity index (χ0n) is 13.8. The number of amides is 1. The summed E-state index contributed by atoms with van der Waals surface area (Å²) in [5.74, 6) is -0.0908. The van der Waals surface area contributed by atoms with Crippen LogP contribution in [0.15, 0.2) is 27.1 Å². The molecule has 0 atom stereocenters. The van der Waals surface area contributed by atoms with Gasteiger partial charge in [-0.05, 0) is 31.2 Å². The van der Waals surface area contributed by atoms with Crippen LogP contribution in [0, 0.1) is 6.92 Å². The predicted molar refractivity (Wildman–Crippen MR) is 99.6 cm³/mol. The largest absolute Gasteiger partial charge is 0.301 e. The number of carbonyl (C=O) groups is 1. The van der Waals surface area contributed by atoms with E-state index in [-0.39, 0.29) is 11.9 Å². The van der Waals surface area contributed by atoms with Crippen LogP contribution in [0.4, 0.5) is 5.13 Å². The lowest BCUT2D eigenvalue weighted by atomic mass is 10.1. The number of hydrogen-bond acceptors (Lipinski definition) is 7. The molecule has 136 valence electrons. The molecule has 0 unspecified atom stereocenters. The Hall–Kier alpha value is -1.33. The zero-order chi connectivity index (χ0) is 17.9. The molecule has 2 N–H and O–H groups in total. The van der Waals surface area contributed by atoms with Crippen molar-refractivity contribution in [2.24, 2.45) is 0 Å². The van der Waals surface area contributed by atoms with Gasteiger partial charge in [-0.3, -0.25) is 9.69 Å². The van der Waals surface area contributed by atoms with Gasteiger partial charge in [0.2, 0.25) is 15.9 Å². The van der Waals surface area contributed by atoms with Gasteiger partial charge in [0.05, 0.1) is 12.2 Å². The Morgan fingerprint density at radius 3 is 2.72 bits per heavy atom. The average Bonchev–Trinajstić information content (AvgIpc) is 3.21. The van der Waals surface area contributed by atoms with E-state index in [9.17, 15) is 13.2 Å². The Kier molecular flexibility index (Phi) is 5.85. The molecule has 0 aromatic carbocycles. The third-order valence-corrected chi connectivity index (χ3v) is 7.70. The number of nitrogens with one attached hydrogen (secondary N) is 2. The number of aromatic nitrogens is 1. The molecule has 1 aliphatic heterocycles. The highest BCUT2D eigenvalue weighted by Crippen LogP contribution is 2.19. The fourth-order valence-corrected chi connectivity index (χ4v) is 5.69. The van der Waals surface area contributed by atoms with E-state index < -0.39 is 10.0 Å². The maximum atomic E-state index is 12.2. The van der Waals surface area contributed by atoms with Crippen molar-refractivity contribution in [1.82, 2.24) is 14.6 Å². The second-order valence-corrected chi connectivity index (χ2v) is 9.69. The number of nitrogens with zero attached hydrogens (tertiary/aromatic N) is 2. The molecule has 1 saturated heterocycles. The van der Waals surface area contributed by atoms with Crippen molar-refractivity contribution in [3.8, 4) is 0 Å². The summed E-state index contributed by atoms with van der Waals surface area (Å²) in [5.41, 5.74) is 0.888. The first-order valence-corrected chi connectivity index (χ1v) is 11.2. The van der Waals surface area contributed by atoms with Crippen molar-refractivity contribution in [1.29, 1.82) is 0 Å². The molecule has 0 aliphatic carbocycles. The molecule has 1 aliphatic rings. The van der Waals surface area contributed by atoms with Gasteiger partial charge in [-0.15, -0.1) is 22.7 Å². The molecule has 3 heterocycles. The first-order chi connectivity index (χ1) is 11.9. The van der Waals surface area contributed by atoms with Gasteiger partial charge in [-0.2, -0.15) is 0 Å². The number of sulfonamides is 1. The summed E-state index contributed by atoms with van der Waals surface area (Å²) in [6.45, 7) is 3.54. The number of anilines is 1. The third kappa shape index (κ3) is 5.08. The SMILES string of the molecule is Cc1csc(NC(=O)CN2CCC(NS(=O)(=O)c3cccs3)CC2)n1. The molecular weight excluding hydrogens is 380 g/mol. The highest BCUT2D eigenvalue weighted by atomic mass is 32.2. The fourth-order valence-electron chi connectivity index (χ4n) is 2.68. The lowest BCUT2D eigenvalue weighted by Gasteiger charge is -2.31. The zero-order valence-corrected chi connectivity index (χ0v) is 16.2. The molecule has 0 bridgehead atoms. The van der Waals surface area contributed by atoms with Crippen molar-refractivity contribution in [2.45, 2.75) is 30.0 Å². The van der Waals surface area contributed by atoms with Crippen LogP contribution in [0.2, 0.25) is 0 Å². The Morgan fingerprint density at radius 1 is 1.36 bits per heavy atom. The Labute approximate surface area is 155 Å². The van der Waals surface area contributed by atoms with Crippen LogP contribution in [0.1, 0.15) is 18.5 Å².